The fourth-order valence-corrected chi connectivity index (χ4v) is 1.54. The lowest BCUT2D eigenvalue weighted by molar-refractivity contribution is 0.210. The van der Waals surface area contributed by atoms with Crippen molar-refractivity contribution in [1.29, 1.82) is 0 Å². The molecule has 1 fully saturated rings. The van der Waals surface area contributed by atoms with Crippen molar-refractivity contribution in [1.82, 2.24) is 5.32 Å². The lowest BCUT2D eigenvalue weighted by Crippen LogP contribution is -2.19. The summed E-state index contributed by atoms with van der Waals surface area (Å²) in [6.07, 6.45) is 0.620. The van der Waals surface area contributed by atoms with E-state index < -0.39 is 17.4 Å². The van der Waals surface area contributed by atoms with Crippen LogP contribution in [0.15, 0.2) is 12.1 Å². The van der Waals surface area contributed by atoms with Crippen molar-refractivity contribution in [3.63, 3.8) is 0 Å². The highest BCUT2D eigenvalue weighted by Gasteiger charge is 2.19. The van der Waals surface area contributed by atoms with Crippen molar-refractivity contribution in [2.24, 2.45) is 0 Å². The van der Waals surface area contributed by atoms with Crippen LogP contribution in [0.1, 0.15) is 6.42 Å². The SMILES string of the molecule is Oc1c(F)cc(F)cc1OC1CCNC1. The standard InChI is InChI=1S/C10H11F2NO2/c11-6-3-8(12)10(14)9(4-6)15-7-1-2-13-5-7/h3-4,7,13-14H,1-2,5H2. The first-order chi connectivity index (χ1) is 7.16. The maximum Gasteiger partial charge on any atom is 0.194 e. The lowest BCUT2D eigenvalue weighted by Gasteiger charge is -2.13. The number of ether oxygens (including phenoxy) is 1. The van der Waals surface area contributed by atoms with Gasteiger partial charge in [-0.1, -0.05) is 0 Å². The second-order valence-electron chi connectivity index (χ2n) is 3.47. The first-order valence-corrected chi connectivity index (χ1v) is 4.72. The third-order valence-electron chi connectivity index (χ3n) is 2.30. The molecule has 1 atom stereocenters. The highest BCUT2D eigenvalue weighted by Crippen LogP contribution is 2.31. The molecular formula is C10H11F2NO2. The Labute approximate surface area is 85.7 Å². The van der Waals surface area contributed by atoms with Crippen LogP contribution in [0.25, 0.3) is 0 Å². The van der Waals surface area contributed by atoms with E-state index in [1.807, 2.05) is 0 Å². The summed E-state index contributed by atoms with van der Waals surface area (Å²) in [5, 5.41) is 12.3. The van der Waals surface area contributed by atoms with Gasteiger partial charge in [-0.3, -0.25) is 0 Å². The van der Waals surface area contributed by atoms with Gasteiger partial charge in [-0.05, 0) is 13.0 Å². The van der Waals surface area contributed by atoms with Crippen molar-refractivity contribution in [3.05, 3.63) is 23.8 Å². The van der Waals surface area contributed by atoms with E-state index in [2.05, 4.69) is 5.32 Å². The maximum absolute atomic E-state index is 12.9. The summed E-state index contributed by atoms with van der Waals surface area (Å²) in [5.41, 5.74) is 0. The van der Waals surface area contributed by atoms with Gasteiger partial charge in [0.1, 0.15) is 11.9 Å². The third-order valence-corrected chi connectivity index (χ3v) is 2.30. The molecule has 1 unspecified atom stereocenters. The molecule has 1 aromatic carbocycles. The predicted molar refractivity (Wildman–Crippen MR) is 49.9 cm³/mol. The maximum atomic E-state index is 12.9. The van der Waals surface area contributed by atoms with Crippen LogP contribution < -0.4 is 10.1 Å². The van der Waals surface area contributed by atoms with E-state index in [0.717, 1.165) is 19.0 Å². The monoisotopic (exact) mass is 215 g/mol. The molecule has 1 aliphatic heterocycles. The predicted octanol–water partition coefficient (Wildman–Crippen LogP) is 1.41. The molecule has 0 aliphatic carbocycles. The molecule has 0 aromatic heterocycles. The average Bonchev–Trinajstić information content (AvgIpc) is 2.66. The van der Waals surface area contributed by atoms with E-state index in [4.69, 9.17) is 4.74 Å². The number of halogens is 2. The van der Waals surface area contributed by atoms with E-state index in [1.54, 1.807) is 0 Å². The lowest BCUT2D eigenvalue weighted by atomic mass is 10.2. The molecule has 3 nitrogen and oxygen atoms in total. The quantitative estimate of drug-likeness (QED) is 0.783. The molecular weight excluding hydrogens is 204 g/mol. The molecule has 2 N–H and O–H groups in total. The van der Waals surface area contributed by atoms with Gasteiger partial charge in [0.05, 0.1) is 0 Å². The van der Waals surface area contributed by atoms with Gasteiger partial charge in [-0.25, -0.2) is 8.78 Å². The summed E-state index contributed by atoms with van der Waals surface area (Å²) < 4.78 is 31.0. The second-order valence-corrected chi connectivity index (χ2v) is 3.47. The first-order valence-electron chi connectivity index (χ1n) is 4.72. The van der Waals surface area contributed by atoms with Crippen molar-refractivity contribution in [3.8, 4) is 11.5 Å². The fourth-order valence-electron chi connectivity index (χ4n) is 1.54. The molecule has 0 saturated carbocycles. The number of aromatic hydroxyl groups is 1. The molecule has 15 heavy (non-hydrogen) atoms. The Morgan fingerprint density at radius 1 is 1.40 bits per heavy atom. The summed E-state index contributed by atoms with van der Waals surface area (Å²) in [4.78, 5) is 0. The Morgan fingerprint density at radius 2 is 2.20 bits per heavy atom. The van der Waals surface area contributed by atoms with E-state index in [9.17, 15) is 13.9 Å². The third kappa shape index (κ3) is 2.18. The minimum absolute atomic E-state index is 0.138. The minimum Gasteiger partial charge on any atom is -0.502 e. The van der Waals surface area contributed by atoms with Crippen molar-refractivity contribution in [2.75, 3.05) is 13.1 Å². The van der Waals surface area contributed by atoms with Gasteiger partial charge in [0, 0.05) is 18.7 Å². The van der Waals surface area contributed by atoms with E-state index in [-0.39, 0.29) is 11.9 Å². The Morgan fingerprint density at radius 3 is 2.87 bits per heavy atom. The summed E-state index contributed by atoms with van der Waals surface area (Å²) in [6.45, 7) is 1.43. The molecule has 1 aliphatic rings. The molecule has 0 amide bonds. The minimum atomic E-state index is -1.00. The van der Waals surface area contributed by atoms with E-state index in [0.29, 0.717) is 12.6 Å². The van der Waals surface area contributed by atoms with Crippen LogP contribution >= 0.6 is 0 Å². The zero-order chi connectivity index (χ0) is 10.8. The molecule has 1 heterocycles. The van der Waals surface area contributed by atoms with E-state index in [1.165, 1.54) is 0 Å². The summed E-state index contributed by atoms with van der Waals surface area (Å²) >= 11 is 0. The Balaban J connectivity index is 2.19. The van der Waals surface area contributed by atoms with E-state index >= 15 is 0 Å². The normalized spacial score (nSPS) is 20.5. The Kier molecular flexibility index (Phi) is 2.73. The van der Waals surface area contributed by atoms with Crippen LogP contribution in [-0.2, 0) is 0 Å². The van der Waals surface area contributed by atoms with Crippen molar-refractivity contribution < 1.29 is 18.6 Å². The summed E-state index contributed by atoms with van der Waals surface area (Å²) in [7, 11) is 0. The van der Waals surface area contributed by atoms with Gasteiger partial charge in [0.25, 0.3) is 0 Å². The Bertz CT molecular complexity index is 365. The van der Waals surface area contributed by atoms with Crippen LogP contribution in [0.3, 0.4) is 0 Å². The molecule has 0 bridgehead atoms. The zero-order valence-electron chi connectivity index (χ0n) is 7.96. The summed E-state index contributed by atoms with van der Waals surface area (Å²) in [5.74, 6) is -2.54. The smallest absolute Gasteiger partial charge is 0.194 e. The molecule has 0 radical (unpaired) electrons. The molecule has 1 saturated heterocycles. The van der Waals surface area contributed by atoms with Crippen LogP contribution in [-0.4, -0.2) is 24.3 Å². The first kappa shape index (κ1) is 10.2. The average molecular weight is 215 g/mol. The zero-order valence-corrected chi connectivity index (χ0v) is 7.96. The summed E-state index contributed by atoms with van der Waals surface area (Å²) in [6, 6.07) is 1.60. The molecule has 82 valence electrons. The van der Waals surface area contributed by atoms with Crippen LogP contribution in [0.2, 0.25) is 0 Å². The number of nitrogens with one attached hydrogen (secondary N) is 1. The second kappa shape index (κ2) is 4.02. The number of rotatable bonds is 2. The van der Waals surface area contributed by atoms with Gasteiger partial charge < -0.3 is 15.2 Å². The van der Waals surface area contributed by atoms with Gasteiger partial charge in [0.2, 0.25) is 0 Å². The van der Waals surface area contributed by atoms with Gasteiger partial charge >= 0.3 is 0 Å². The van der Waals surface area contributed by atoms with Crippen LogP contribution in [0.4, 0.5) is 8.78 Å². The highest BCUT2D eigenvalue weighted by atomic mass is 19.1. The van der Waals surface area contributed by atoms with Gasteiger partial charge in [-0.2, -0.15) is 0 Å². The number of phenolic OH excluding ortho intramolecular Hbond substituents is 1. The molecule has 1 aromatic rings. The van der Waals surface area contributed by atoms with Gasteiger partial charge in [0.15, 0.2) is 17.3 Å². The highest BCUT2D eigenvalue weighted by molar-refractivity contribution is 5.40. The number of hydrogen-bond acceptors (Lipinski definition) is 3. The van der Waals surface area contributed by atoms with Crippen molar-refractivity contribution in [2.45, 2.75) is 12.5 Å². The molecule has 0 spiro atoms. The topological polar surface area (TPSA) is 41.5 Å². The molecule has 5 heteroatoms. The van der Waals surface area contributed by atoms with Crippen LogP contribution in [0.5, 0.6) is 11.5 Å². The number of phenols is 1. The van der Waals surface area contributed by atoms with Gasteiger partial charge in [-0.15, -0.1) is 0 Å². The van der Waals surface area contributed by atoms with Crippen LogP contribution in [0, 0.1) is 11.6 Å². The largest absolute Gasteiger partial charge is 0.502 e. The van der Waals surface area contributed by atoms with Crippen molar-refractivity contribution >= 4 is 0 Å². The fraction of sp³-hybridized carbons (Fsp3) is 0.400. The molecule has 2 rings (SSSR count). The number of hydrogen-bond donors (Lipinski definition) is 2. The number of benzene rings is 1. The Hall–Kier alpha value is -1.36.